The van der Waals surface area contributed by atoms with Crippen molar-refractivity contribution in [2.75, 3.05) is 11.9 Å². The number of thiazole rings is 1. The van der Waals surface area contributed by atoms with Crippen LogP contribution in [0.5, 0.6) is 0 Å². The summed E-state index contributed by atoms with van der Waals surface area (Å²) in [5.74, 6) is -1.14. The Morgan fingerprint density at radius 2 is 2.10 bits per heavy atom. The van der Waals surface area contributed by atoms with Crippen LogP contribution in [0.3, 0.4) is 0 Å². The Balaban J connectivity index is 1.63. The fourth-order valence-corrected chi connectivity index (χ4v) is 3.92. The molecule has 0 aromatic carbocycles. The minimum Gasteiger partial charge on any atom is -0.466 e. The van der Waals surface area contributed by atoms with Crippen LogP contribution in [-0.4, -0.2) is 33.2 Å². The maximum absolute atomic E-state index is 12.5. The topological polar surface area (TPSA) is 103 Å². The lowest BCUT2D eigenvalue weighted by Gasteiger charge is -2.12. The smallest absolute Gasteiger partial charge is 0.311 e. The van der Waals surface area contributed by atoms with E-state index < -0.39 is 5.92 Å². The number of esters is 1. The van der Waals surface area contributed by atoms with E-state index in [4.69, 9.17) is 4.74 Å². The Morgan fingerprint density at radius 3 is 2.83 bits per heavy atom. The third-order valence-electron chi connectivity index (χ3n) is 3.95. The van der Waals surface area contributed by atoms with Crippen LogP contribution in [0.1, 0.15) is 19.5 Å². The van der Waals surface area contributed by atoms with Gasteiger partial charge in [0.1, 0.15) is 5.69 Å². The molecule has 8 nitrogen and oxygen atoms in total. The number of rotatable bonds is 8. The van der Waals surface area contributed by atoms with Gasteiger partial charge in [0.15, 0.2) is 5.13 Å². The fourth-order valence-electron chi connectivity index (χ4n) is 2.51. The predicted molar refractivity (Wildman–Crippen MR) is 112 cm³/mol. The number of anilines is 1. The number of nitrogens with one attached hydrogen (secondary N) is 1. The van der Waals surface area contributed by atoms with Crippen LogP contribution in [0.4, 0.5) is 5.13 Å². The molecule has 0 saturated heterocycles. The SMILES string of the molecule is CCOC(=O)Cc1csc(NC(=O)[C@H](C)Cn2nc(-c3cccs3)ccc2=O)n1. The maximum Gasteiger partial charge on any atom is 0.311 e. The highest BCUT2D eigenvalue weighted by molar-refractivity contribution is 7.14. The van der Waals surface area contributed by atoms with Gasteiger partial charge < -0.3 is 10.1 Å². The molecule has 0 unspecified atom stereocenters. The molecule has 152 valence electrons. The predicted octanol–water partition coefficient (Wildman–Crippen LogP) is 2.81. The van der Waals surface area contributed by atoms with E-state index in [2.05, 4.69) is 15.4 Å². The van der Waals surface area contributed by atoms with Crippen LogP contribution in [0.2, 0.25) is 0 Å². The van der Waals surface area contributed by atoms with Gasteiger partial charge >= 0.3 is 5.97 Å². The molecule has 0 saturated carbocycles. The maximum atomic E-state index is 12.5. The fraction of sp³-hybridized carbons (Fsp3) is 0.316. The Morgan fingerprint density at radius 1 is 1.28 bits per heavy atom. The summed E-state index contributed by atoms with van der Waals surface area (Å²) in [6, 6.07) is 6.97. The molecule has 0 aliphatic heterocycles. The lowest BCUT2D eigenvalue weighted by Crippen LogP contribution is -2.31. The van der Waals surface area contributed by atoms with Crippen LogP contribution in [-0.2, 0) is 27.3 Å². The van der Waals surface area contributed by atoms with Crippen LogP contribution < -0.4 is 10.9 Å². The molecule has 0 fully saturated rings. The average molecular weight is 433 g/mol. The van der Waals surface area contributed by atoms with E-state index in [0.717, 1.165) is 4.88 Å². The van der Waals surface area contributed by atoms with E-state index in [-0.39, 0.29) is 30.4 Å². The lowest BCUT2D eigenvalue weighted by atomic mass is 10.1. The first-order valence-electron chi connectivity index (χ1n) is 8.99. The van der Waals surface area contributed by atoms with Gasteiger partial charge in [-0.05, 0) is 24.4 Å². The summed E-state index contributed by atoms with van der Waals surface area (Å²) in [7, 11) is 0. The summed E-state index contributed by atoms with van der Waals surface area (Å²) in [4.78, 5) is 41.3. The molecule has 0 aliphatic carbocycles. The third-order valence-corrected chi connectivity index (χ3v) is 5.65. The van der Waals surface area contributed by atoms with Gasteiger partial charge in [-0.15, -0.1) is 22.7 Å². The first kappa shape index (κ1) is 20.9. The molecule has 3 rings (SSSR count). The molecule has 1 atom stereocenters. The molecular weight excluding hydrogens is 412 g/mol. The van der Waals surface area contributed by atoms with Crippen molar-refractivity contribution in [3.63, 3.8) is 0 Å². The van der Waals surface area contributed by atoms with Crippen LogP contribution in [0.15, 0.2) is 39.8 Å². The largest absolute Gasteiger partial charge is 0.466 e. The van der Waals surface area contributed by atoms with Crippen molar-refractivity contribution in [3.8, 4) is 10.6 Å². The van der Waals surface area contributed by atoms with Crippen molar-refractivity contribution in [1.82, 2.24) is 14.8 Å². The highest BCUT2D eigenvalue weighted by atomic mass is 32.1. The number of carbonyl (C=O) groups excluding carboxylic acids is 2. The highest BCUT2D eigenvalue weighted by Crippen LogP contribution is 2.21. The van der Waals surface area contributed by atoms with Gasteiger partial charge in [0, 0.05) is 11.4 Å². The second-order valence-electron chi connectivity index (χ2n) is 6.23. The molecule has 1 N–H and O–H groups in total. The molecule has 29 heavy (non-hydrogen) atoms. The van der Waals surface area contributed by atoms with Gasteiger partial charge in [-0.25, -0.2) is 9.67 Å². The van der Waals surface area contributed by atoms with Gasteiger partial charge in [0.05, 0.1) is 36.1 Å². The summed E-state index contributed by atoms with van der Waals surface area (Å²) >= 11 is 2.76. The van der Waals surface area contributed by atoms with Gasteiger partial charge in [0.25, 0.3) is 5.56 Å². The normalized spacial score (nSPS) is 11.8. The minimum absolute atomic E-state index is 0.0601. The van der Waals surface area contributed by atoms with Crippen molar-refractivity contribution in [2.24, 2.45) is 5.92 Å². The zero-order valence-electron chi connectivity index (χ0n) is 16.0. The monoisotopic (exact) mass is 432 g/mol. The zero-order chi connectivity index (χ0) is 20.8. The van der Waals surface area contributed by atoms with E-state index in [1.807, 2.05) is 17.5 Å². The molecule has 0 spiro atoms. The molecule has 0 aliphatic rings. The highest BCUT2D eigenvalue weighted by Gasteiger charge is 2.18. The first-order valence-corrected chi connectivity index (χ1v) is 10.7. The molecule has 0 bridgehead atoms. The first-order chi connectivity index (χ1) is 14.0. The van der Waals surface area contributed by atoms with Crippen LogP contribution >= 0.6 is 22.7 Å². The Bertz CT molecular complexity index is 1040. The number of thiophene rings is 1. The number of carbonyl (C=O) groups is 2. The van der Waals surface area contributed by atoms with E-state index in [1.165, 1.54) is 33.4 Å². The van der Waals surface area contributed by atoms with Crippen molar-refractivity contribution < 1.29 is 14.3 Å². The Kier molecular flexibility index (Phi) is 6.89. The lowest BCUT2D eigenvalue weighted by molar-refractivity contribution is -0.142. The van der Waals surface area contributed by atoms with Gasteiger partial charge in [-0.1, -0.05) is 13.0 Å². The number of ether oxygens (including phenoxy) is 1. The summed E-state index contributed by atoms with van der Waals surface area (Å²) in [6.07, 6.45) is 0.0601. The Labute approximate surface area is 175 Å². The number of hydrogen-bond donors (Lipinski definition) is 1. The molecular formula is C19H20N4O4S2. The zero-order valence-corrected chi connectivity index (χ0v) is 17.6. The molecule has 10 heteroatoms. The average Bonchev–Trinajstić information content (AvgIpc) is 3.36. The summed E-state index contributed by atoms with van der Waals surface area (Å²) < 4.78 is 6.19. The molecule has 3 aromatic rings. The van der Waals surface area contributed by atoms with Crippen molar-refractivity contribution >= 4 is 39.7 Å². The molecule has 3 heterocycles. The van der Waals surface area contributed by atoms with E-state index >= 15 is 0 Å². The van der Waals surface area contributed by atoms with Crippen LogP contribution in [0.25, 0.3) is 10.6 Å². The minimum atomic E-state index is -0.504. The summed E-state index contributed by atoms with van der Waals surface area (Å²) in [6.45, 7) is 3.91. The quantitative estimate of drug-likeness (QED) is 0.549. The second kappa shape index (κ2) is 9.57. The number of nitrogens with zero attached hydrogens (tertiary/aromatic N) is 3. The van der Waals surface area contributed by atoms with E-state index in [9.17, 15) is 14.4 Å². The van der Waals surface area contributed by atoms with E-state index in [0.29, 0.717) is 23.1 Å². The molecule has 3 aromatic heterocycles. The summed E-state index contributed by atoms with van der Waals surface area (Å²) in [5.41, 5.74) is 0.963. The van der Waals surface area contributed by atoms with Crippen molar-refractivity contribution in [3.05, 3.63) is 51.1 Å². The second-order valence-corrected chi connectivity index (χ2v) is 8.04. The standard InChI is InChI=1S/C19H20N4O4S2/c1-3-27-17(25)9-13-11-29-19(20-13)21-18(26)12(2)10-23-16(24)7-6-14(22-23)15-5-4-8-28-15/h4-8,11-12H,3,9-10H2,1-2H3,(H,20,21,26)/t12-/m1/s1. The van der Waals surface area contributed by atoms with Gasteiger partial charge in [0.2, 0.25) is 5.91 Å². The van der Waals surface area contributed by atoms with Gasteiger partial charge in [-0.2, -0.15) is 5.10 Å². The van der Waals surface area contributed by atoms with E-state index in [1.54, 1.807) is 25.3 Å². The number of aromatic nitrogens is 3. The number of amides is 1. The number of hydrogen-bond acceptors (Lipinski definition) is 8. The van der Waals surface area contributed by atoms with Gasteiger partial charge in [-0.3, -0.25) is 14.4 Å². The Hall–Kier alpha value is -2.85. The molecule has 0 radical (unpaired) electrons. The van der Waals surface area contributed by atoms with Crippen LogP contribution in [0, 0.1) is 5.92 Å². The molecule has 1 amide bonds. The summed E-state index contributed by atoms with van der Waals surface area (Å²) in [5, 5.41) is 11.1. The third kappa shape index (κ3) is 5.58. The van der Waals surface area contributed by atoms with Crippen molar-refractivity contribution in [1.29, 1.82) is 0 Å². The van der Waals surface area contributed by atoms with Crippen molar-refractivity contribution in [2.45, 2.75) is 26.8 Å².